The number of rotatable bonds is 3. The molecule has 3 heterocycles. The Balaban J connectivity index is 2.26. The highest BCUT2D eigenvalue weighted by Crippen LogP contribution is 2.37. The third-order valence-corrected chi connectivity index (χ3v) is 4.34. The van der Waals surface area contributed by atoms with Crippen LogP contribution in [0.2, 0.25) is 5.02 Å². The molecule has 1 atom stereocenters. The van der Waals surface area contributed by atoms with Crippen LogP contribution in [0.25, 0.3) is 17.1 Å². The highest BCUT2D eigenvalue weighted by molar-refractivity contribution is 7.90. The van der Waals surface area contributed by atoms with E-state index in [4.69, 9.17) is 11.6 Å². The lowest BCUT2D eigenvalue weighted by atomic mass is 10.2. The molecule has 0 bridgehead atoms. The summed E-state index contributed by atoms with van der Waals surface area (Å²) in [6.45, 7) is 0. The summed E-state index contributed by atoms with van der Waals surface area (Å²) in [6, 6.07) is 5.81. The summed E-state index contributed by atoms with van der Waals surface area (Å²) >= 11 is 4.70. The predicted molar refractivity (Wildman–Crippen MR) is 82.0 cm³/mol. The van der Waals surface area contributed by atoms with Gasteiger partial charge in [0.1, 0.15) is 17.0 Å². The molecule has 0 aliphatic rings. The fourth-order valence-corrected chi connectivity index (χ4v) is 2.96. The second kappa shape index (κ2) is 6.15. The Labute approximate surface area is 138 Å². The molecule has 0 saturated heterocycles. The first-order chi connectivity index (χ1) is 11.0. The van der Waals surface area contributed by atoms with E-state index in [1.165, 1.54) is 29.4 Å². The van der Waals surface area contributed by atoms with E-state index in [-0.39, 0.29) is 16.5 Å². The maximum atomic E-state index is 13.0. The summed E-state index contributed by atoms with van der Waals surface area (Å²) in [5.74, 6) is -1.10. The van der Waals surface area contributed by atoms with E-state index in [1.54, 1.807) is 12.1 Å². The first-order valence-electron chi connectivity index (χ1n) is 6.35. The van der Waals surface area contributed by atoms with Crippen molar-refractivity contribution in [2.45, 2.75) is 4.90 Å². The lowest BCUT2D eigenvalue weighted by Gasteiger charge is -2.11. The predicted octanol–water partition coefficient (Wildman–Crippen LogP) is 3.00. The van der Waals surface area contributed by atoms with Gasteiger partial charge in [-0.1, -0.05) is 11.6 Å². The first-order valence-corrected chi connectivity index (χ1v) is 8.29. The quantitative estimate of drug-likeness (QED) is 0.536. The average molecular weight is 352 g/mol. The Morgan fingerprint density at radius 1 is 1.30 bits per heavy atom. The molecule has 0 saturated carbocycles. The van der Waals surface area contributed by atoms with E-state index in [9.17, 15) is 14.0 Å². The molecule has 0 N–H and O–H groups in total. The van der Waals surface area contributed by atoms with Crippen LogP contribution in [0, 0.1) is 5.95 Å². The molecule has 9 heteroatoms. The van der Waals surface area contributed by atoms with E-state index in [2.05, 4.69) is 15.1 Å². The van der Waals surface area contributed by atoms with Gasteiger partial charge in [-0.2, -0.15) is 4.39 Å². The van der Waals surface area contributed by atoms with Gasteiger partial charge >= 0.3 is 5.88 Å². The summed E-state index contributed by atoms with van der Waals surface area (Å²) in [4.78, 5) is 8.08. The molecule has 1 unspecified atom stereocenters. The van der Waals surface area contributed by atoms with Gasteiger partial charge in [0, 0.05) is 18.0 Å². The number of hydrogen-bond donors (Lipinski definition) is 0. The molecule has 117 valence electrons. The molecule has 6 nitrogen and oxygen atoms in total. The number of hydrogen-bond acceptors (Lipinski definition) is 4. The Morgan fingerprint density at radius 3 is 2.74 bits per heavy atom. The maximum Gasteiger partial charge on any atom is 0.307 e. The van der Waals surface area contributed by atoms with Crippen LogP contribution in [0.3, 0.4) is 0 Å². The largest absolute Gasteiger partial charge is 0.612 e. The molecule has 0 amide bonds. The van der Waals surface area contributed by atoms with Crippen LogP contribution in [-0.4, -0.2) is 30.6 Å². The van der Waals surface area contributed by atoms with Gasteiger partial charge < -0.3 is 4.55 Å². The van der Waals surface area contributed by atoms with Gasteiger partial charge in [0.05, 0.1) is 0 Å². The standard InChI is InChI=1S/C14H9ClFN4O2S/c1-23(22)9-3-2-6-17-13(9)20-12(11(15)14(21)19-20)8-4-5-10(16)18-7-8/h2-7H,1H3. The van der Waals surface area contributed by atoms with Gasteiger partial charge in [0.2, 0.25) is 11.8 Å². The van der Waals surface area contributed by atoms with Gasteiger partial charge in [-0.25, -0.2) is 14.6 Å². The minimum atomic E-state index is -1.35. The highest BCUT2D eigenvalue weighted by atomic mass is 35.5. The third kappa shape index (κ3) is 2.88. The summed E-state index contributed by atoms with van der Waals surface area (Å²) in [5, 5.41) is 15.6. The summed E-state index contributed by atoms with van der Waals surface area (Å²) < 4.78 is 26.1. The van der Waals surface area contributed by atoms with Crippen molar-refractivity contribution in [3.05, 3.63) is 47.6 Å². The average Bonchev–Trinajstić information content (AvgIpc) is 2.84. The second-order valence-electron chi connectivity index (χ2n) is 4.53. The minimum Gasteiger partial charge on any atom is -0.612 e. The van der Waals surface area contributed by atoms with Crippen molar-refractivity contribution in [2.24, 2.45) is 0 Å². The van der Waals surface area contributed by atoms with E-state index < -0.39 is 23.0 Å². The van der Waals surface area contributed by atoms with Crippen molar-refractivity contribution < 1.29 is 14.0 Å². The number of aromatic nitrogens is 4. The van der Waals surface area contributed by atoms with E-state index in [0.717, 1.165) is 6.07 Å². The van der Waals surface area contributed by atoms with Crippen molar-refractivity contribution in [3.8, 4) is 23.0 Å². The fraction of sp³-hybridized carbons (Fsp3) is 0.0714. The highest BCUT2D eigenvalue weighted by Gasteiger charge is 2.25. The monoisotopic (exact) mass is 351 g/mol. The number of pyridine rings is 2. The summed E-state index contributed by atoms with van der Waals surface area (Å²) in [6.07, 6.45) is 4.21. The zero-order chi connectivity index (χ0) is 16.6. The molecule has 0 aliphatic heterocycles. The van der Waals surface area contributed by atoms with Crippen molar-refractivity contribution in [1.82, 2.24) is 19.7 Å². The smallest absolute Gasteiger partial charge is 0.307 e. The molecule has 3 aromatic heterocycles. The zero-order valence-electron chi connectivity index (χ0n) is 11.7. The zero-order valence-corrected chi connectivity index (χ0v) is 13.3. The molecular formula is C14H9ClFN4O2S. The normalized spacial score (nSPS) is 12.3. The number of nitrogens with zero attached hydrogens (tertiary/aromatic N) is 4. The van der Waals surface area contributed by atoms with Gasteiger partial charge in [0.25, 0.3) is 0 Å². The molecular weight excluding hydrogens is 343 g/mol. The van der Waals surface area contributed by atoms with E-state index in [1.807, 2.05) is 0 Å². The van der Waals surface area contributed by atoms with Crippen LogP contribution in [-0.2, 0) is 16.3 Å². The molecule has 23 heavy (non-hydrogen) atoms. The minimum absolute atomic E-state index is 0.142. The molecule has 1 radical (unpaired) electrons. The van der Waals surface area contributed by atoms with Crippen LogP contribution in [0.4, 0.5) is 4.39 Å². The maximum absolute atomic E-state index is 13.0. The molecule has 0 fully saturated rings. The summed E-state index contributed by atoms with van der Waals surface area (Å²) in [7, 11) is 0. The van der Waals surface area contributed by atoms with Gasteiger partial charge in [-0.05, 0) is 35.4 Å². The van der Waals surface area contributed by atoms with Gasteiger partial charge in [0.15, 0.2) is 4.90 Å². The SMILES string of the molecule is C[S+]([O-])c1cccnc1-n1nc([O])c(Cl)c1-c1ccc(F)nc1. The van der Waals surface area contributed by atoms with Crippen molar-refractivity contribution >= 4 is 22.8 Å². The van der Waals surface area contributed by atoms with Crippen LogP contribution in [0.5, 0.6) is 5.88 Å². The fourth-order valence-electron chi connectivity index (χ4n) is 2.06. The van der Waals surface area contributed by atoms with Gasteiger partial charge in [-0.15, -0.1) is 5.10 Å². The van der Waals surface area contributed by atoms with Crippen molar-refractivity contribution in [1.29, 1.82) is 0 Å². The Hall–Kier alpha value is -2.16. The molecule has 0 spiro atoms. The molecule has 0 aromatic carbocycles. The van der Waals surface area contributed by atoms with E-state index in [0.29, 0.717) is 10.5 Å². The molecule has 0 aliphatic carbocycles. The molecule has 3 rings (SSSR count). The van der Waals surface area contributed by atoms with E-state index >= 15 is 0 Å². The van der Waals surface area contributed by atoms with Crippen LogP contribution in [0.1, 0.15) is 0 Å². The first kappa shape index (κ1) is 15.7. The second-order valence-corrected chi connectivity index (χ2v) is 6.25. The Bertz CT molecular complexity index is 854. The van der Waals surface area contributed by atoms with Crippen LogP contribution in [0.15, 0.2) is 41.6 Å². The van der Waals surface area contributed by atoms with Gasteiger partial charge in [-0.3, -0.25) is 5.11 Å². The lowest BCUT2D eigenvalue weighted by Crippen LogP contribution is -2.09. The molecule has 3 aromatic rings. The number of halogens is 2. The van der Waals surface area contributed by atoms with Crippen molar-refractivity contribution in [3.63, 3.8) is 0 Å². The summed E-state index contributed by atoms with van der Waals surface area (Å²) in [5.41, 5.74) is 0.610. The third-order valence-electron chi connectivity index (χ3n) is 3.06. The van der Waals surface area contributed by atoms with Crippen molar-refractivity contribution in [2.75, 3.05) is 6.26 Å². The lowest BCUT2D eigenvalue weighted by molar-refractivity contribution is 0.334. The topological polar surface area (TPSA) is 86.6 Å². The Morgan fingerprint density at radius 2 is 2.09 bits per heavy atom. The Kier molecular flexibility index (Phi) is 4.20. The van der Waals surface area contributed by atoms with Crippen LogP contribution >= 0.6 is 11.6 Å². The van der Waals surface area contributed by atoms with Crippen LogP contribution < -0.4 is 0 Å².